The summed E-state index contributed by atoms with van der Waals surface area (Å²) >= 11 is 0. The molecule has 0 aliphatic carbocycles. The molecule has 0 radical (unpaired) electrons. The minimum absolute atomic E-state index is 0.0941. The van der Waals surface area contributed by atoms with Gasteiger partial charge < -0.3 is 9.64 Å². The van der Waals surface area contributed by atoms with Crippen molar-refractivity contribution in [1.82, 2.24) is 10.4 Å². The number of rotatable bonds is 5. The summed E-state index contributed by atoms with van der Waals surface area (Å²) in [6.45, 7) is 2.79. The van der Waals surface area contributed by atoms with Gasteiger partial charge in [0.25, 0.3) is 0 Å². The molecule has 6 nitrogen and oxygen atoms in total. The van der Waals surface area contributed by atoms with Crippen LogP contribution in [0.2, 0.25) is 0 Å². The number of hydroxylamine groups is 1. The molecule has 0 spiro atoms. The van der Waals surface area contributed by atoms with E-state index in [2.05, 4.69) is 5.48 Å². The fourth-order valence-corrected chi connectivity index (χ4v) is 2.04. The molecule has 1 N–H and O–H groups in total. The van der Waals surface area contributed by atoms with E-state index in [0.717, 1.165) is 19.4 Å². The van der Waals surface area contributed by atoms with Crippen molar-refractivity contribution >= 4 is 11.8 Å². The van der Waals surface area contributed by atoms with E-state index in [-0.39, 0.29) is 17.7 Å². The Morgan fingerprint density at radius 3 is 3.12 bits per heavy atom. The number of hydrogen-bond acceptors (Lipinski definition) is 4. The van der Waals surface area contributed by atoms with Crippen molar-refractivity contribution < 1.29 is 19.2 Å². The first-order chi connectivity index (χ1) is 8.27. The first-order valence-electron chi connectivity index (χ1n) is 6.04. The third-order valence-electron chi connectivity index (χ3n) is 3.11. The third-order valence-corrected chi connectivity index (χ3v) is 3.11. The van der Waals surface area contributed by atoms with Crippen LogP contribution in [-0.2, 0) is 19.2 Å². The molecule has 0 aromatic rings. The SMILES string of the molecule is O=C(NOCCN1CCCC1=O)[C@H]1CCOC1. The summed E-state index contributed by atoms with van der Waals surface area (Å²) in [5.74, 6) is -0.0530. The number of amides is 2. The normalized spacial score (nSPS) is 24.4. The molecule has 2 fully saturated rings. The lowest BCUT2D eigenvalue weighted by molar-refractivity contribution is -0.138. The van der Waals surface area contributed by atoms with E-state index in [1.54, 1.807) is 4.90 Å². The molecule has 6 heteroatoms. The maximum atomic E-state index is 11.5. The van der Waals surface area contributed by atoms with Crippen molar-refractivity contribution in [2.24, 2.45) is 5.92 Å². The summed E-state index contributed by atoms with van der Waals surface area (Å²) < 4.78 is 5.11. The predicted octanol–water partition coefficient (Wildman–Crippen LogP) is -0.307. The largest absolute Gasteiger partial charge is 0.381 e. The Morgan fingerprint density at radius 2 is 2.47 bits per heavy atom. The molecule has 2 amide bonds. The van der Waals surface area contributed by atoms with Crippen LogP contribution in [0.1, 0.15) is 19.3 Å². The van der Waals surface area contributed by atoms with Gasteiger partial charge in [-0.25, -0.2) is 5.48 Å². The minimum atomic E-state index is -0.129. The van der Waals surface area contributed by atoms with Crippen LogP contribution < -0.4 is 5.48 Å². The summed E-state index contributed by atoms with van der Waals surface area (Å²) in [6, 6.07) is 0. The predicted molar refractivity (Wildman–Crippen MR) is 58.8 cm³/mol. The molecule has 0 aromatic carbocycles. The van der Waals surface area contributed by atoms with Crippen LogP contribution in [-0.4, -0.2) is 49.6 Å². The third kappa shape index (κ3) is 3.41. The molecular formula is C11H18N2O4. The van der Waals surface area contributed by atoms with Gasteiger partial charge in [0, 0.05) is 26.1 Å². The molecule has 2 aliphatic heterocycles. The fourth-order valence-electron chi connectivity index (χ4n) is 2.04. The molecule has 17 heavy (non-hydrogen) atoms. The zero-order valence-electron chi connectivity index (χ0n) is 9.81. The highest BCUT2D eigenvalue weighted by atomic mass is 16.7. The van der Waals surface area contributed by atoms with Crippen molar-refractivity contribution in [1.29, 1.82) is 0 Å². The molecule has 1 atom stereocenters. The summed E-state index contributed by atoms with van der Waals surface area (Å²) in [5.41, 5.74) is 2.41. The maximum absolute atomic E-state index is 11.5. The number of likely N-dealkylation sites (tertiary alicyclic amines) is 1. The lowest BCUT2D eigenvalue weighted by atomic mass is 10.1. The lowest BCUT2D eigenvalue weighted by Gasteiger charge is -2.15. The highest BCUT2D eigenvalue weighted by Gasteiger charge is 2.24. The maximum Gasteiger partial charge on any atom is 0.249 e. The van der Waals surface area contributed by atoms with E-state index in [0.29, 0.717) is 32.8 Å². The molecular weight excluding hydrogens is 224 g/mol. The minimum Gasteiger partial charge on any atom is -0.381 e. The van der Waals surface area contributed by atoms with Crippen LogP contribution in [0.25, 0.3) is 0 Å². The Bertz CT molecular complexity index is 289. The zero-order chi connectivity index (χ0) is 12.1. The van der Waals surface area contributed by atoms with Crippen molar-refractivity contribution in [3.8, 4) is 0 Å². The van der Waals surface area contributed by atoms with Crippen LogP contribution in [0.3, 0.4) is 0 Å². The molecule has 0 saturated carbocycles. The lowest BCUT2D eigenvalue weighted by Crippen LogP contribution is -2.35. The van der Waals surface area contributed by atoms with Gasteiger partial charge in [-0.1, -0.05) is 0 Å². The molecule has 0 aromatic heterocycles. The number of carbonyl (C=O) groups is 2. The topological polar surface area (TPSA) is 67.9 Å². The van der Waals surface area contributed by atoms with E-state index in [1.165, 1.54) is 0 Å². The fraction of sp³-hybridized carbons (Fsp3) is 0.818. The number of carbonyl (C=O) groups excluding carboxylic acids is 2. The Morgan fingerprint density at radius 1 is 1.59 bits per heavy atom. The highest BCUT2D eigenvalue weighted by Crippen LogP contribution is 2.12. The standard InChI is InChI=1S/C11H18N2O4/c14-10-2-1-4-13(10)5-7-17-12-11(15)9-3-6-16-8-9/h9H,1-8H2,(H,12,15)/t9-/m0/s1. The van der Waals surface area contributed by atoms with Crippen LogP contribution in [0.15, 0.2) is 0 Å². The summed E-state index contributed by atoms with van der Waals surface area (Å²) in [7, 11) is 0. The van der Waals surface area contributed by atoms with Gasteiger partial charge >= 0.3 is 0 Å². The van der Waals surface area contributed by atoms with E-state index < -0.39 is 0 Å². The second-order valence-corrected chi connectivity index (χ2v) is 4.36. The first kappa shape index (κ1) is 12.3. The van der Waals surface area contributed by atoms with Crippen LogP contribution in [0.5, 0.6) is 0 Å². The van der Waals surface area contributed by atoms with Crippen molar-refractivity contribution in [2.45, 2.75) is 19.3 Å². The quantitative estimate of drug-likeness (QED) is 0.530. The summed E-state index contributed by atoms with van der Waals surface area (Å²) in [5, 5.41) is 0. The molecule has 2 aliphatic rings. The van der Waals surface area contributed by atoms with Gasteiger partial charge in [0.15, 0.2) is 0 Å². The van der Waals surface area contributed by atoms with Gasteiger partial charge in [-0.3, -0.25) is 14.4 Å². The molecule has 2 saturated heterocycles. The second-order valence-electron chi connectivity index (χ2n) is 4.36. The molecule has 96 valence electrons. The van der Waals surface area contributed by atoms with E-state index >= 15 is 0 Å². The van der Waals surface area contributed by atoms with Gasteiger partial charge in [-0.15, -0.1) is 0 Å². The Labute approximate surface area is 100 Å². The van der Waals surface area contributed by atoms with E-state index in [1.807, 2.05) is 0 Å². The van der Waals surface area contributed by atoms with Crippen LogP contribution >= 0.6 is 0 Å². The monoisotopic (exact) mass is 242 g/mol. The van der Waals surface area contributed by atoms with Crippen LogP contribution in [0, 0.1) is 5.92 Å². The smallest absolute Gasteiger partial charge is 0.249 e. The van der Waals surface area contributed by atoms with Crippen LogP contribution in [0.4, 0.5) is 0 Å². The number of ether oxygens (including phenoxy) is 1. The van der Waals surface area contributed by atoms with Gasteiger partial charge in [0.05, 0.1) is 19.1 Å². The van der Waals surface area contributed by atoms with Gasteiger partial charge in [0.1, 0.15) is 0 Å². The highest BCUT2D eigenvalue weighted by molar-refractivity contribution is 5.78. The zero-order valence-corrected chi connectivity index (χ0v) is 9.81. The van der Waals surface area contributed by atoms with Crippen molar-refractivity contribution in [2.75, 3.05) is 32.9 Å². The molecule has 0 bridgehead atoms. The molecule has 2 rings (SSSR count). The Kier molecular flexibility index (Phi) is 4.33. The molecule has 2 heterocycles. The number of nitrogens with zero attached hydrogens (tertiary/aromatic N) is 1. The van der Waals surface area contributed by atoms with Gasteiger partial charge in [0.2, 0.25) is 11.8 Å². The number of nitrogens with one attached hydrogen (secondary N) is 1. The summed E-state index contributed by atoms with van der Waals surface area (Å²) in [4.78, 5) is 29.6. The first-order valence-corrected chi connectivity index (χ1v) is 6.04. The average Bonchev–Trinajstić information content (AvgIpc) is 2.96. The number of hydrogen-bond donors (Lipinski definition) is 1. The van der Waals surface area contributed by atoms with Crippen molar-refractivity contribution in [3.05, 3.63) is 0 Å². The van der Waals surface area contributed by atoms with E-state index in [4.69, 9.17) is 9.57 Å². The Balaban J connectivity index is 1.56. The Hall–Kier alpha value is -1.14. The summed E-state index contributed by atoms with van der Waals surface area (Å²) in [6.07, 6.45) is 2.30. The van der Waals surface area contributed by atoms with Gasteiger partial charge in [-0.05, 0) is 12.8 Å². The van der Waals surface area contributed by atoms with Crippen molar-refractivity contribution in [3.63, 3.8) is 0 Å². The average molecular weight is 242 g/mol. The van der Waals surface area contributed by atoms with Gasteiger partial charge in [-0.2, -0.15) is 0 Å². The van der Waals surface area contributed by atoms with E-state index in [9.17, 15) is 9.59 Å². The molecule has 0 unspecified atom stereocenters. The second kappa shape index (κ2) is 5.97.